The Labute approximate surface area is 145 Å². The van der Waals surface area contributed by atoms with Crippen LogP contribution in [0.3, 0.4) is 0 Å². The molecule has 1 aliphatic heterocycles. The summed E-state index contributed by atoms with van der Waals surface area (Å²) in [6, 6.07) is 0. The van der Waals surface area contributed by atoms with Crippen LogP contribution < -0.4 is 5.32 Å². The predicted octanol–water partition coefficient (Wildman–Crippen LogP) is 2.12. The highest BCUT2D eigenvalue weighted by Gasteiger charge is 2.40. The molecule has 0 bridgehead atoms. The number of nitrogens with one attached hydrogen (secondary N) is 1. The molecule has 0 radical (unpaired) electrons. The molecule has 6 heteroatoms. The van der Waals surface area contributed by atoms with E-state index in [9.17, 15) is 14.4 Å². The summed E-state index contributed by atoms with van der Waals surface area (Å²) in [6.07, 6.45) is 2.46. The summed E-state index contributed by atoms with van der Waals surface area (Å²) in [4.78, 5) is 39.1. The maximum Gasteiger partial charge on any atom is 0.331 e. The first-order valence-electron chi connectivity index (χ1n) is 8.81. The van der Waals surface area contributed by atoms with Gasteiger partial charge in [0, 0.05) is 18.5 Å². The second-order valence-corrected chi connectivity index (χ2v) is 7.61. The number of likely N-dealkylation sites (tertiary alicyclic amines) is 1. The molecule has 2 amide bonds. The monoisotopic (exact) mass is 340 g/mol. The number of hydrogen-bond acceptors (Lipinski definition) is 4. The number of nitrogens with zero attached hydrogens (tertiary/aromatic N) is 1. The maximum atomic E-state index is 12.7. The number of esters is 1. The summed E-state index contributed by atoms with van der Waals surface area (Å²) in [5.74, 6) is -0.813. The van der Waals surface area contributed by atoms with Gasteiger partial charge >= 0.3 is 5.97 Å². The van der Waals surface area contributed by atoms with Crippen molar-refractivity contribution in [1.82, 2.24) is 10.2 Å². The lowest BCUT2D eigenvalue weighted by atomic mass is 9.88. The molecule has 0 aromatic carbocycles. The molecule has 1 fully saturated rings. The lowest BCUT2D eigenvalue weighted by Gasteiger charge is -2.37. The fraction of sp³-hybridized carbons (Fsp3) is 0.833. The Kier molecular flexibility index (Phi) is 6.81. The van der Waals surface area contributed by atoms with Crippen molar-refractivity contribution < 1.29 is 19.1 Å². The van der Waals surface area contributed by atoms with Crippen molar-refractivity contribution in [3.8, 4) is 0 Å². The van der Waals surface area contributed by atoms with Gasteiger partial charge < -0.3 is 15.0 Å². The molecule has 0 aromatic rings. The van der Waals surface area contributed by atoms with Crippen molar-refractivity contribution in [2.45, 2.75) is 65.8 Å². The third-order valence-corrected chi connectivity index (χ3v) is 4.87. The summed E-state index contributed by atoms with van der Waals surface area (Å²) in [6.45, 7) is 10.5. The summed E-state index contributed by atoms with van der Waals surface area (Å²) < 4.78 is 4.87. The third kappa shape index (κ3) is 4.48. The Bertz CT molecular complexity index is 478. The molecular weight excluding hydrogens is 308 g/mol. The molecule has 1 atom stereocenters. The molecule has 6 nitrogen and oxygen atoms in total. The molecule has 0 spiro atoms. The lowest BCUT2D eigenvalue weighted by Crippen LogP contribution is -2.57. The second-order valence-electron chi connectivity index (χ2n) is 7.61. The molecule has 0 aromatic heterocycles. The van der Waals surface area contributed by atoms with Crippen molar-refractivity contribution in [2.75, 3.05) is 20.2 Å². The van der Waals surface area contributed by atoms with Gasteiger partial charge in [0.05, 0.1) is 13.0 Å². The first kappa shape index (κ1) is 20.5. The minimum Gasteiger partial charge on any atom is -0.467 e. The number of ether oxygens (including phenoxy) is 1. The van der Waals surface area contributed by atoms with Gasteiger partial charge in [-0.25, -0.2) is 4.79 Å². The van der Waals surface area contributed by atoms with E-state index < -0.39 is 16.9 Å². The van der Waals surface area contributed by atoms with E-state index in [-0.39, 0.29) is 17.7 Å². The molecule has 1 aliphatic rings. The number of rotatable bonds is 5. The van der Waals surface area contributed by atoms with E-state index in [0.717, 1.165) is 12.8 Å². The average Bonchev–Trinajstić information content (AvgIpc) is 2.57. The lowest BCUT2D eigenvalue weighted by molar-refractivity contribution is -0.153. The van der Waals surface area contributed by atoms with Crippen LogP contribution in [0.15, 0.2) is 0 Å². The Morgan fingerprint density at radius 2 is 1.75 bits per heavy atom. The molecule has 138 valence electrons. The third-order valence-electron chi connectivity index (χ3n) is 4.87. The van der Waals surface area contributed by atoms with Crippen LogP contribution >= 0.6 is 0 Å². The van der Waals surface area contributed by atoms with Crippen LogP contribution in [0.5, 0.6) is 0 Å². The van der Waals surface area contributed by atoms with Crippen LogP contribution in [0, 0.1) is 11.3 Å². The topological polar surface area (TPSA) is 75.7 Å². The van der Waals surface area contributed by atoms with Crippen molar-refractivity contribution in [3.63, 3.8) is 0 Å². The minimum absolute atomic E-state index is 0.0604. The fourth-order valence-corrected chi connectivity index (χ4v) is 3.15. The standard InChI is InChI=1S/C18H32N2O4/c1-7-18(8-2,16(23)24-6)19-14(21)13-10-9-11-20(12-13)15(22)17(3,4)5/h13H,7-12H2,1-6H3,(H,19,21)/t13-/m0/s1. The highest BCUT2D eigenvalue weighted by Crippen LogP contribution is 2.25. The zero-order valence-electron chi connectivity index (χ0n) is 15.9. The van der Waals surface area contributed by atoms with Crippen LogP contribution in [0.1, 0.15) is 60.3 Å². The van der Waals surface area contributed by atoms with Crippen LogP contribution in [-0.2, 0) is 19.1 Å². The normalized spacial score (nSPS) is 18.9. The summed E-state index contributed by atoms with van der Waals surface area (Å²) in [7, 11) is 1.33. The fourth-order valence-electron chi connectivity index (χ4n) is 3.15. The van der Waals surface area contributed by atoms with Gasteiger partial charge in [-0.15, -0.1) is 0 Å². The maximum absolute atomic E-state index is 12.7. The zero-order chi connectivity index (χ0) is 18.5. The molecule has 0 unspecified atom stereocenters. The summed E-state index contributed by atoms with van der Waals surface area (Å²) in [5, 5.41) is 2.90. The predicted molar refractivity (Wildman–Crippen MR) is 92.2 cm³/mol. The molecule has 1 rings (SSSR count). The smallest absolute Gasteiger partial charge is 0.331 e. The van der Waals surface area contributed by atoms with Gasteiger partial charge in [0.2, 0.25) is 11.8 Å². The van der Waals surface area contributed by atoms with Gasteiger partial charge in [-0.3, -0.25) is 9.59 Å². The summed E-state index contributed by atoms with van der Waals surface area (Å²) >= 11 is 0. The molecule has 0 saturated carbocycles. The molecule has 1 saturated heterocycles. The second kappa shape index (κ2) is 7.99. The summed E-state index contributed by atoms with van der Waals surface area (Å²) in [5.41, 5.74) is -1.44. The number of methoxy groups -OCH3 is 1. The molecule has 1 N–H and O–H groups in total. The number of carbonyl (C=O) groups is 3. The Balaban J connectivity index is 2.83. The van der Waals surface area contributed by atoms with Crippen molar-refractivity contribution >= 4 is 17.8 Å². The first-order chi connectivity index (χ1) is 11.1. The first-order valence-corrected chi connectivity index (χ1v) is 8.81. The van der Waals surface area contributed by atoms with Gasteiger partial charge in [-0.1, -0.05) is 34.6 Å². The number of carbonyl (C=O) groups excluding carboxylic acids is 3. The minimum atomic E-state index is -0.984. The molecule has 1 heterocycles. The number of piperidine rings is 1. The van der Waals surface area contributed by atoms with Gasteiger partial charge in [-0.2, -0.15) is 0 Å². The molecular formula is C18H32N2O4. The SMILES string of the molecule is CCC(CC)(NC(=O)[C@H]1CCCN(C(=O)C(C)(C)C)C1)C(=O)OC. The quantitative estimate of drug-likeness (QED) is 0.778. The van der Waals surface area contributed by atoms with Crippen molar-refractivity contribution in [2.24, 2.45) is 11.3 Å². The van der Waals surface area contributed by atoms with E-state index in [2.05, 4.69) is 5.32 Å². The van der Waals surface area contributed by atoms with Gasteiger partial charge in [0.25, 0.3) is 0 Å². The van der Waals surface area contributed by atoms with E-state index in [1.54, 1.807) is 4.90 Å². The van der Waals surface area contributed by atoms with Crippen molar-refractivity contribution in [1.29, 1.82) is 0 Å². The van der Waals surface area contributed by atoms with Crippen LogP contribution in [0.2, 0.25) is 0 Å². The van der Waals surface area contributed by atoms with Crippen molar-refractivity contribution in [3.05, 3.63) is 0 Å². The van der Waals surface area contributed by atoms with Gasteiger partial charge in [-0.05, 0) is 25.7 Å². The van der Waals surface area contributed by atoms with E-state index in [1.165, 1.54) is 7.11 Å². The highest BCUT2D eigenvalue weighted by atomic mass is 16.5. The average molecular weight is 340 g/mol. The highest BCUT2D eigenvalue weighted by molar-refractivity contribution is 5.89. The van der Waals surface area contributed by atoms with Gasteiger partial charge in [0.1, 0.15) is 5.54 Å². The van der Waals surface area contributed by atoms with Crippen LogP contribution in [-0.4, -0.2) is 48.4 Å². The zero-order valence-corrected chi connectivity index (χ0v) is 15.9. The van der Waals surface area contributed by atoms with Crippen LogP contribution in [0.25, 0.3) is 0 Å². The van der Waals surface area contributed by atoms with E-state index in [1.807, 2.05) is 34.6 Å². The Hall–Kier alpha value is -1.59. The Morgan fingerprint density at radius 1 is 1.17 bits per heavy atom. The molecule has 24 heavy (non-hydrogen) atoms. The van der Waals surface area contributed by atoms with Crippen LogP contribution in [0.4, 0.5) is 0 Å². The van der Waals surface area contributed by atoms with Gasteiger partial charge in [0.15, 0.2) is 0 Å². The van der Waals surface area contributed by atoms with E-state index >= 15 is 0 Å². The largest absolute Gasteiger partial charge is 0.467 e. The number of hydrogen-bond donors (Lipinski definition) is 1. The Morgan fingerprint density at radius 3 is 2.21 bits per heavy atom. The van der Waals surface area contributed by atoms with E-state index in [0.29, 0.717) is 25.9 Å². The number of amides is 2. The molecule has 0 aliphatic carbocycles. The van der Waals surface area contributed by atoms with E-state index in [4.69, 9.17) is 4.74 Å².